The molecular weight excluding hydrogens is 256 g/mol. The summed E-state index contributed by atoms with van der Waals surface area (Å²) < 4.78 is 0. The molecule has 5 unspecified atom stereocenters. The van der Waals surface area contributed by atoms with Crippen LogP contribution < -0.4 is 5.32 Å². The van der Waals surface area contributed by atoms with E-state index in [-0.39, 0.29) is 0 Å². The Bertz CT molecular complexity index is 512. The van der Waals surface area contributed by atoms with Gasteiger partial charge in [0.05, 0.1) is 0 Å². The Hall–Kier alpha value is -0.860. The third kappa shape index (κ3) is 2.33. The molecule has 4 rings (SSSR count). The fourth-order valence-corrected chi connectivity index (χ4v) is 5.44. The van der Waals surface area contributed by atoms with Gasteiger partial charge < -0.3 is 10.2 Å². The molecule has 0 aliphatic heterocycles. The number of likely N-dealkylation sites (N-methyl/N-ethyl adjacent to an activating group) is 2. The van der Waals surface area contributed by atoms with Crippen molar-refractivity contribution >= 4 is 0 Å². The number of hydrogen-bond acceptors (Lipinski definition) is 2. The molecule has 1 N–H and O–H groups in total. The number of hydrogen-bond donors (Lipinski definition) is 1. The SMILES string of the molecule is CNC1c2ccccc2CC1N(C)CC1CC2CCC1C2. The van der Waals surface area contributed by atoms with Crippen LogP contribution in [0.3, 0.4) is 0 Å². The van der Waals surface area contributed by atoms with Gasteiger partial charge in [0.15, 0.2) is 0 Å². The highest BCUT2D eigenvalue weighted by Gasteiger charge is 2.41. The van der Waals surface area contributed by atoms with E-state index in [1.54, 1.807) is 5.56 Å². The molecule has 2 heteroatoms. The van der Waals surface area contributed by atoms with Crippen LogP contribution in [-0.2, 0) is 6.42 Å². The second-order valence-corrected chi connectivity index (χ2v) is 7.61. The highest BCUT2D eigenvalue weighted by Crippen LogP contribution is 2.48. The van der Waals surface area contributed by atoms with E-state index in [1.165, 1.54) is 44.2 Å². The third-order valence-electron chi connectivity index (χ3n) is 6.49. The minimum atomic E-state index is 0.504. The van der Waals surface area contributed by atoms with Crippen molar-refractivity contribution in [3.8, 4) is 0 Å². The summed E-state index contributed by atoms with van der Waals surface area (Å²) in [5.74, 6) is 3.07. The maximum Gasteiger partial charge on any atom is 0.0481 e. The van der Waals surface area contributed by atoms with E-state index in [9.17, 15) is 0 Å². The molecule has 0 amide bonds. The number of nitrogens with one attached hydrogen (secondary N) is 1. The molecule has 21 heavy (non-hydrogen) atoms. The van der Waals surface area contributed by atoms with Gasteiger partial charge in [-0.3, -0.25) is 0 Å². The topological polar surface area (TPSA) is 15.3 Å². The van der Waals surface area contributed by atoms with Crippen LogP contribution in [-0.4, -0.2) is 31.6 Å². The summed E-state index contributed by atoms with van der Waals surface area (Å²) in [6.07, 6.45) is 7.25. The monoisotopic (exact) mass is 284 g/mol. The number of rotatable bonds is 4. The fraction of sp³-hybridized carbons (Fsp3) is 0.684. The van der Waals surface area contributed by atoms with Gasteiger partial charge in [0.25, 0.3) is 0 Å². The fourth-order valence-electron chi connectivity index (χ4n) is 5.44. The lowest BCUT2D eigenvalue weighted by Gasteiger charge is -2.34. The predicted molar refractivity (Wildman–Crippen MR) is 87.3 cm³/mol. The second-order valence-electron chi connectivity index (χ2n) is 7.61. The van der Waals surface area contributed by atoms with Crippen LogP contribution >= 0.6 is 0 Å². The van der Waals surface area contributed by atoms with E-state index in [2.05, 4.69) is 48.6 Å². The molecule has 1 aromatic carbocycles. The summed E-state index contributed by atoms with van der Waals surface area (Å²) in [5.41, 5.74) is 3.06. The molecule has 0 radical (unpaired) electrons. The van der Waals surface area contributed by atoms with Crippen LogP contribution in [0.25, 0.3) is 0 Å². The first-order chi connectivity index (χ1) is 10.3. The van der Waals surface area contributed by atoms with Gasteiger partial charge in [-0.2, -0.15) is 0 Å². The van der Waals surface area contributed by atoms with Crippen molar-refractivity contribution in [2.75, 3.05) is 20.6 Å². The van der Waals surface area contributed by atoms with Crippen molar-refractivity contribution in [2.24, 2.45) is 17.8 Å². The summed E-state index contributed by atoms with van der Waals surface area (Å²) >= 11 is 0. The summed E-state index contributed by atoms with van der Waals surface area (Å²) in [7, 11) is 4.47. The zero-order valence-corrected chi connectivity index (χ0v) is 13.4. The first-order valence-corrected chi connectivity index (χ1v) is 8.71. The lowest BCUT2D eigenvalue weighted by molar-refractivity contribution is 0.153. The Balaban J connectivity index is 1.46. The standard InChI is InChI=1S/C19H28N2/c1-20-19-17-6-4-3-5-15(17)11-18(19)21(2)12-16-10-13-7-8-14(16)9-13/h3-6,13-14,16,18-20H,7-12H2,1-2H3. The minimum absolute atomic E-state index is 0.504. The van der Waals surface area contributed by atoms with Crippen LogP contribution in [0.5, 0.6) is 0 Å². The van der Waals surface area contributed by atoms with Gasteiger partial charge in [-0.05, 0) is 68.7 Å². The second kappa shape index (κ2) is 5.40. The van der Waals surface area contributed by atoms with Gasteiger partial charge in [0, 0.05) is 18.6 Å². The third-order valence-corrected chi connectivity index (χ3v) is 6.49. The van der Waals surface area contributed by atoms with E-state index in [0.29, 0.717) is 12.1 Å². The average molecular weight is 284 g/mol. The van der Waals surface area contributed by atoms with Crippen molar-refractivity contribution < 1.29 is 0 Å². The quantitative estimate of drug-likeness (QED) is 0.913. The van der Waals surface area contributed by atoms with Crippen LogP contribution in [0.4, 0.5) is 0 Å². The highest BCUT2D eigenvalue weighted by atomic mass is 15.2. The molecule has 2 nitrogen and oxygen atoms in total. The normalized spacial score (nSPS) is 37.4. The number of nitrogens with zero attached hydrogens (tertiary/aromatic N) is 1. The predicted octanol–water partition coefficient (Wildman–Crippen LogP) is 3.24. The van der Waals surface area contributed by atoms with E-state index >= 15 is 0 Å². The van der Waals surface area contributed by atoms with E-state index < -0.39 is 0 Å². The highest BCUT2D eigenvalue weighted by molar-refractivity contribution is 5.37. The molecule has 114 valence electrons. The van der Waals surface area contributed by atoms with Crippen LogP contribution in [0.2, 0.25) is 0 Å². The Labute approximate surface area is 128 Å². The van der Waals surface area contributed by atoms with Crippen molar-refractivity contribution in [1.82, 2.24) is 10.2 Å². The molecule has 5 atom stereocenters. The summed E-state index contributed by atoms with van der Waals surface area (Å²) in [4.78, 5) is 2.66. The van der Waals surface area contributed by atoms with E-state index in [4.69, 9.17) is 0 Å². The Kier molecular flexibility index (Phi) is 3.55. The average Bonchev–Trinajstić information content (AvgIpc) is 3.19. The summed E-state index contributed by atoms with van der Waals surface area (Å²) in [6.45, 7) is 1.30. The van der Waals surface area contributed by atoms with E-state index in [1.807, 2.05) is 0 Å². The smallest absolute Gasteiger partial charge is 0.0481 e. The lowest BCUT2D eigenvalue weighted by Crippen LogP contribution is -2.42. The van der Waals surface area contributed by atoms with Gasteiger partial charge in [0.1, 0.15) is 0 Å². The van der Waals surface area contributed by atoms with Crippen LogP contribution in [0.15, 0.2) is 24.3 Å². The van der Waals surface area contributed by atoms with Gasteiger partial charge >= 0.3 is 0 Å². The molecule has 2 bridgehead atoms. The Morgan fingerprint density at radius 1 is 1.19 bits per heavy atom. The first-order valence-electron chi connectivity index (χ1n) is 8.71. The Morgan fingerprint density at radius 3 is 2.76 bits per heavy atom. The molecule has 1 aromatic rings. The molecule has 0 aromatic heterocycles. The van der Waals surface area contributed by atoms with Crippen LogP contribution in [0, 0.1) is 17.8 Å². The van der Waals surface area contributed by atoms with Crippen molar-refractivity contribution in [3.05, 3.63) is 35.4 Å². The lowest BCUT2D eigenvalue weighted by atomic mass is 9.88. The minimum Gasteiger partial charge on any atom is -0.312 e. The summed E-state index contributed by atoms with van der Waals surface area (Å²) in [5, 5.41) is 3.57. The van der Waals surface area contributed by atoms with Crippen molar-refractivity contribution in [3.63, 3.8) is 0 Å². The molecule has 3 aliphatic carbocycles. The van der Waals surface area contributed by atoms with Gasteiger partial charge in [-0.1, -0.05) is 30.7 Å². The van der Waals surface area contributed by atoms with Crippen molar-refractivity contribution in [2.45, 2.75) is 44.2 Å². The van der Waals surface area contributed by atoms with Crippen molar-refractivity contribution in [1.29, 1.82) is 0 Å². The zero-order valence-electron chi connectivity index (χ0n) is 13.4. The largest absolute Gasteiger partial charge is 0.312 e. The molecule has 2 saturated carbocycles. The maximum atomic E-state index is 3.57. The molecule has 0 heterocycles. The van der Waals surface area contributed by atoms with Gasteiger partial charge in [0.2, 0.25) is 0 Å². The summed E-state index contributed by atoms with van der Waals surface area (Å²) in [6, 6.07) is 10.1. The Morgan fingerprint density at radius 2 is 2.05 bits per heavy atom. The van der Waals surface area contributed by atoms with Gasteiger partial charge in [-0.15, -0.1) is 0 Å². The van der Waals surface area contributed by atoms with E-state index in [0.717, 1.165) is 17.8 Å². The first kappa shape index (κ1) is 13.8. The number of fused-ring (bicyclic) bond motifs is 3. The molecule has 3 aliphatic rings. The zero-order chi connectivity index (χ0) is 14.4. The molecular formula is C19H28N2. The molecule has 0 saturated heterocycles. The number of benzene rings is 1. The maximum absolute atomic E-state index is 3.57. The molecule has 2 fully saturated rings. The van der Waals surface area contributed by atoms with Gasteiger partial charge in [-0.25, -0.2) is 0 Å². The van der Waals surface area contributed by atoms with Crippen LogP contribution in [0.1, 0.15) is 42.9 Å². The molecule has 0 spiro atoms.